The summed E-state index contributed by atoms with van der Waals surface area (Å²) < 4.78 is 5.56. The fourth-order valence-electron chi connectivity index (χ4n) is 3.72. The average molecular weight is 388 g/mol. The summed E-state index contributed by atoms with van der Waals surface area (Å²) in [4.78, 5) is 30.5. The van der Waals surface area contributed by atoms with Crippen molar-refractivity contribution in [3.05, 3.63) is 60.5 Å². The molecule has 0 spiro atoms. The number of piperidine rings is 1. The first kappa shape index (κ1) is 17.5. The third kappa shape index (κ3) is 3.61. The summed E-state index contributed by atoms with van der Waals surface area (Å²) in [7, 11) is 0. The van der Waals surface area contributed by atoms with E-state index in [9.17, 15) is 4.79 Å². The largest absolute Gasteiger partial charge is 0.345 e. The number of aromatic nitrogens is 5. The van der Waals surface area contributed by atoms with E-state index in [1.165, 1.54) is 0 Å². The number of amides is 1. The number of nitrogens with zero attached hydrogens (tertiary/aromatic N) is 5. The Kier molecular flexibility index (Phi) is 4.51. The normalized spacial score (nSPS) is 17.2. The molecule has 8 heteroatoms. The Balaban J connectivity index is 1.30. The molecule has 0 aliphatic carbocycles. The van der Waals surface area contributed by atoms with Crippen molar-refractivity contribution < 1.29 is 9.32 Å². The van der Waals surface area contributed by atoms with Gasteiger partial charge in [-0.1, -0.05) is 11.2 Å². The van der Waals surface area contributed by atoms with Crippen molar-refractivity contribution in [2.45, 2.75) is 25.2 Å². The van der Waals surface area contributed by atoms with Crippen molar-refractivity contribution in [2.75, 3.05) is 13.1 Å². The van der Waals surface area contributed by atoms with Crippen LogP contribution in [0.4, 0.5) is 0 Å². The number of rotatable bonds is 5. The molecule has 1 atom stereocenters. The predicted octanol–water partition coefficient (Wildman–Crippen LogP) is 2.96. The number of fused-ring (bicyclic) bond motifs is 1. The summed E-state index contributed by atoms with van der Waals surface area (Å²) in [6.07, 6.45) is 5.38. The lowest BCUT2D eigenvalue weighted by atomic mass is 9.97. The Morgan fingerprint density at radius 3 is 3.07 bits per heavy atom. The van der Waals surface area contributed by atoms with Crippen LogP contribution in [0.25, 0.3) is 22.4 Å². The molecule has 0 radical (unpaired) electrons. The Bertz CT molecular complexity index is 1140. The van der Waals surface area contributed by atoms with E-state index in [0.29, 0.717) is 31.2 Å². The second kappa shape index (κ2) is 7.46. The van der Waals surface area contributed by atoms with E-state index in [-0.39, 0.29) is 11.8 Å². The number of H-pyrrole nitrogens is 1. The molecule has 4 heterocycles. The highest BCUT2D eigenvalue weighted by atomic mass is 16.5. The quantitative estimate of drug-likeness (QED) is 0.564. The van der Waals surface area contributed by atoms with Gasteiger partial charge in [0.1, 0.15) is 0 Å². The third-order valence-electron chi connectivity index (χ3n) is 5.33. The minimum absolute atomic E-state index is 0.0496. The Morgan fingerprint density at radius 1 is 1.21 bits per heavy atom. The Morgan fingerprint density at radius 2 is 2.17 bits per heavy atom. The fraction of sp³-hybridized carbons (Fsp3) is 0.286. The van der Waals surface area contributed by atoms with Crippen LogP contribution in [0.3, 0.4) is 0 Å². The third-order valence-corrected chi connectivity index (χ3v) is 5.33. The lowest BCUT2D eigenvalue weighted by Gasteiger charge is -2.30. The zero-order valence-corrected chi connectivity index (χ0v) is 15.8. The summed E-state index contributed by atoms with van der Waals surface area (Å²) in [5.74, 6) is 1.35. The molecule has 1 fully saturated rings. The van der Waals surface area contributed by atoms with Crippen LogP contribution in [0.5, 0.6) is 0 Å². The molecule has 1 amide bonds. The number of likely N-dealkylation sites (tertiary alicyclic amines) is 1. The van der Waals surface area contributed by atoms with Crippen LogP contribution in [0, 0.1) is 0 Å². The molecule has 1 aliphatic heterocycles. The number of hydrogen-bond donors (Lipinski definition) is 1. The van der Waals surface area contributed by atoms with Crippen LogP contribution in [0.15, 0.2) is 53.4 Å². The van der Waals surface area contributed by atoms with E-state index in [0.717, 1.165) is 35.1 Å². The van der Waals surface area contributed by atoms with Crippen molar-refractivity contribution in [1.82, 2.24) is 30.0 Å². The van der Waals surface area contributed by atoms with Gasteiger partial charge in [-0.2, -0.15) is 4.98 Å². The highest BCUT2D eigenvalue weighted by molar-refractivity contribution is 5.80. The Hall–Kier alpha value is -3.55. The lowest BCUT2D eigenvalue weighted by Crippen LogP contribution is -2.40. The van der Waals surface area contributed by atoms with Crippen molar-refractivity contribution in [1.29, 1.82) is 0 Å². The number of aromatic amines is 1. The number of carbonyl (C=O) groups is 1. The van der Waals surface area contributed by atoms with Gasteiger partial charge in [0.05, 0.1) is 23.3 Å². The molecule has 1 saturated heterocycles. The Labute approximate surface area is 167 Å². The SMILES string of the molecule is O=C1CC[C@H](c2nc(-c3ccc4nc[nH]c4c3)no2)CN1CCc1ccccn1. The zero-order valence-electron chi connectivity index (χ0n) is 15.8. The summed E-state index contributed by atoms with van der Waals surface area (Å²) in [6, 6.07) is 11.6. The maximum atomic E-state index is 12.3. The molecule has 3 aromatic heterocycles. The molecular formula is C21H20N6O2. The van der Waals surface area contributed by atoms with Crippen LogP contribution in [0.2, 0.25) is 0 Å². The summed E-state index contributed by atoms with van der Waals surface area (Å²) in [5, 5.41) is 4.16. The molecule has 29 heavy (non-hydrogen) atoms. The second-order valence-corrected chi connectivity index (χ2v) is 7.24. The minimum atomic E-state index is 0.0496. The number of pyridine rings is 1. The molecular weight excluding hydrogens is 368 g/mol. The molecule has 146 valence electrons. The van der Waals surface area contributed by atoms with Gasteiger partial charge in [-0.25, -0.2) is 4.98 Å². The first-order valence-corrected chi connectivity index (χ1v) is 9.71. The van der Waals surface area contributed by atoms with E-state index in [1.807, 2.05) is 41.3 Å². The summed E-state index contributed by atoms with van der Waals surface area (Å²) in [5.41, 5.74) is 3.68. The minimum Gasteiger partial charge on any atom is -0.345 e. The fourth-order valence-corrected chi connectivity index (χ4v) is 3.72. The number of imidazole rings is 1. The number of benzene rings is 1. The van der Waals surface area contributed by atoms with Gasteiger partial charge < -0.3 is 14.4 Å². The van der Waals surface area contributed by atoms with Gasteiger partial charge in [0.15, 0.2) is 0 Å². The van der Waals surface area contributed by atoms with E-state index in [2.05, 4.69) is 25.1 Å². The smallest absolute Gasteiger partial charge is 0.231 e. The molecule has 5 rings (SSSR count). The van der Waals surface area contributed by atoms with Crippen LogP contribution in [-0.4, -0.2) is 49.0 Å². The van der Waals surface area contributed by atoms with Gasteiger partial charge in [0, 0.05) is 43.4 Å². The monoisotopic (exact) mass is 388 g/mol. The highest BCUT2D eigenvalue weighted by Crippen LogP contribution is 2.29. The first-order valence-electron chi connectivity index (χ1n) is 9.71. The number of hydrogen-bond acceptors (Lipinski definition) is 6. The maximum absolute atomic E-state index is 12.3. The highest BCUT2D eigenvalue weighted by Gasteiger charge is 2.30. The molecule has 0 bridgehead atoms. The van der Waals surface area contributed by atoms with E-state index in [1.54, 1.807) is 12.5 Å². The molecule has 1 aromatic carbocycles. The average Bonchev–Trinajstić information content (AvgIpc) is 3.43. The van der Waals surface area contributed by atoms with Crippen molar-refractivity contribution in [3.8, 4) is 11.4 Å². The lowest BCUT2D eigenvalue weighted by molar-refractivity contribution is -0.133. The van der Waals surface area contributed by atoms with Crippen LogP contribution >= 0.6 is 0 Å². The zero-order chi connectivity index (χ0) is 19.6. The van der Waals surface area contributed by atoms with Gasteiger partial charge in [0.25, 0.3) is 0 Å². The van der Waals surface area contributed by atoms with Crippen molar-refractivity contribution in [2.24, 2.45) is 0 Å². The summed E-state index contributed by atoms with van der Waals surface area (Å²) >= 11 is 0. The van der Waals surface area contributed by atoms with Crippen LogP contribution in [-0.2, 0) is 11.2 Å². The van der Waals surface area contributed by atoms with E-state index < -0.39 is 0 Å². The molecule has 4 aromatic rings. The standard InChI is InChI=1S/C21H20N6O2/c28-19-7-5-15(12-27(19)10-8-16-3-1-2-9-22-16)21-25-20(26-29-21)14-4-6-17-18(11-14)24-13-23-17/h1-4,6,9,11,13,15H,5,7-8,10,12H2,(H,23,24)/t15-/m0/s1. The predicted molar refractivity (Wildman–Crippen MR) is 106 cm³/mol. The van der Waals surface area contributed by atoms with Gasteiger partial charge in [-0.05, 0) is 36.8 Å². The number of carbonyl (C=O) groups excluding carboxylic acids is 1. The van der Waals surface area contributed by atoms with Crippen molar-refractivity contribution >= 4 is 16.9 Å². The van der Waals surface area contributed by atoms with Gasteiger partial charge >= 0.3 is 0 Å². The van der Waals surface area contributed by atoms with E-state index in [4.69, 9.17) is 4.52 Å². The molecule has 8 nitrogen and oxygen atoms in total. The molecule has 1 N–H and O–H groups in total. The number of nitrogens with one attached hydrogen (secondary N) is 1. The second-order valence-electron chi connectivity index (χ2n) is 7.24. The topological polar surface area (TPSA) is 101 Å². The summed E-state index contributed by atoms with van der Waals surface area (Å²) in [6.45, 7) is 1.23. The van der Waals surface area contributed by atoms with Gasteiger partial charge in [-0.15, -0.1) is 0 Å². The molecule has 0 saturated carbocycles. The maximum Gasteiger partial charge on any atom is 0.231 e. The van der Waals surface area contributed by atoms with Crippen molar-refractivity contribution in [3.63, 3.8) is 0 Å². The molecule has 1 aliphatic rings. The first-order chi connectivity index (χ1) is 14.3. The van der Waals surface area contributed by atoms with Crippen LogP contribution in [0.1, 0.15) is 30.3 Å². The van der Waals surface area contributed by atoms with Gasteiger partial charge in [0.2, 0.25) is 17.6 Å². The molecule has 0 unspecified atom stereocenters. The van der Waals surface area contributed by atoms with Gasteiger partial charge in [-0.3, -0.25) is 9.78 Å². The van der Waals surface area contributed by atoms with Crippen LogP contribution < -0.4 is 0 Å². The van der Waals surface area contributed by atoms with E-state index >= 15 is 0 Å².